The van der Waals surface area contributed by atoms with Gasteiger partial charge in [0.1, 0.15) is 0 Å². The summed E-state index contributed by atoms with van der Waals surface area (Å²) in [7, 11) is -1.51. The Labute approximate surface area is 157 Å². The van der Waals surface area contributed by atoms with Gasteiger partial charge in [-0.3, -0.25) is 0 Å². The van der Waals surface area contributed by atoms with Crippen LogP contribution in [0.25, 0.3) is 0 Å². The van der Waals surface area contributed by atoms with Gasteiger partial charge >= 0.3 is 0 Å². The average Bonchev–Trinajstić information content (AvgIpc) is 2.76. The van der Waals surface area contributed by atoms with Gasteiger partial charge in [0, 0.05) is 0 Å². The average molecular weight is 361 g/mol. The van der Waals surface area contributed by atoms with Gasteiger partial charge in [0.15, 0.2) is 8.32 Å². The number of rotatable bonds is 2. The molecular formula is C23H40OSi. The van der Waals surface area contributed by atoms with Gasteiger partial charge in [-0.25, -0.2) is 0 Å². The van der Waals surface area contributed by atoms with Crippen molar-refractivity contribution in [3.8, 4) is 0 Å². The first-order valence-corrected chi connectivity index (χ1v) is 14.4. The largest absolute Gasteiger partial charge is 0.412 e. The highest BCUT2D eigenvalue weighted by Gasteiger charge is 2.63. The van der Waals surface area contributed by atoms with E-state index in [1.807, 2.05) is 0 Å². The van der Waals surface area contributed by atoms with Crippen molar-refractivity contribution in [1.82, 2.24) is 0 Å². The van der Waals surface area contributed by atoms with E-state index in [0.29, 0.717) is 10.8 Å². The second kappa shape index (κ2) is 5.71. The van der Waals surface area contributed by atoms with E-state index in [4.69, 9.17) is 4.43 Å². The Morgan fingerprint density at radius 2 is 1.60 bits per heavy atom. The van der Waals surface area contributed by atoms with Crippen molar-refractivity contribution in [2.24, 2.45) is 34.5 Å². The molecule has 2 heteroatoms. The van der Waals surface area contributed by atoms with E-state index < -0.39 is 8.32 Å². The van der Waals surface area contributed by atoms with Crippen LogP contribution in [0.2, 0.25) is 19.6 Å². The predicted octanol–water partition coefficient (Wildman–Crippen LogP) is 6.81. The molecule has 4 aliphatic carbocycles. The van der Waals surface area contributed by atoms with Crippen LogP contribution >= 0.6 is 0 Å². The van der Waals surface area contributed by atoms with Gasteiger partial charge in [0.05, 0.1) is 5.60 Å². The summed E-state index contributed by atoms with van der Waals surface area (Å²) in [6, 6.07) is 0. The van der Waals surface area contributed by atoms with Crippen LogP contribution in [0.4, 0.5) is 0 Å². The molecule has 0 bridgehead atoms. The first-order valence-electron chi connectivity index (χ1n) is 11.0. The monoisotopic (exact) mass is 360 g/mol. The van der Waals surface area contributed by atoms with Crippen molar-refractivity contribution in [3.05, 3.63) is 12.2 Å². The van der Waals surface area contributed by atoms with E-state index in [2.05, 4.69) is 52.6 Å². The lowest BCUT2D eigenvalue weighted by Crippen LogP contribution is -2.57. The fourth-order valence-corrected chi connectivity index (χ4v) is 9.58. The number of hydrogen-bond donors (Lipinski definition) is 0. The molecule has 1 nitrogen and oxygen atoms in total. The fraction of sp³-hybridized carbons (Fsp3) is 0.913. The van der Waals surface area contributed by atoms with Crippen LogP contribution in [-0.2, 0) is 4.43 Å². The Bertz CT molecular complexity index is 563. The maximum Gasteiger partial charge on any atom is 0.184 e. The summed E-state index contributed by atoms with van der Waals surface area (Å²) in [5.74, 6) is 3.68. The molecular weight excluding hydrogens is 320 g/mol. The summed E-state index contributed by atoms with van der Waals surface area (Å²) in [6.45, 7) is 14.9. The van der Waals surface area contributed by atoms with Crippen LogP contribution in [0.5, 0.6) is 0 Å². The molecule has 0 aromatic carbocycles. The van der Waals surface area contributed by atoms with Crippen molar-refractivity contribution < 1.29 is 4.43 Å². The Kier molecular flexibility index (Phi) is 4.17. The Morgan fingerprint density at radius 3 is 2.32 bits per heavy atom. The normalized spacial score (nSPS) is 52.4. The quantitative estimate of drug-likeness (QED) is 0.388. The summed E-state index contributed by atoms with van der Waals surface area (Å²) in [6.07, 6.45) is 16.3. The zero-order valence-corrected chi connectivity index (χ0v) is 18.5. The van der Waals surface area contributed by atoms with Gasteiger partial charge in [-0.2, -0.15) is 0 Å². The van der Waals surface area contributed by atoms with Crippen molar-refractivity contribution in [3.63, 3.8) is 0 Å². The first kappa shape index (κ1) is 18.3. The molecule has 0 heterocycles. The maximum atomic E-state index is 6.90. The van der Waals surface area contributed by atoms with Crippen molar-refractivity contribution in [2.45, 2.75) is 97.4 Å². The highest BCUT2D eigenvalue weighted by molar-refractivity contribution is 6.69. The molecule has 0 saturated heterocycles. The van der Waals surface area contributed by atoms with Crippen LogP contribution in [0.1, 0.15) is 72.1 Å². The van der Waals surface area contributed by atoms with E-state index in [1.165, 1.54) is 51.4 Å². The lowest BCUT2D eigenvalue weighted by atomic mass is 9.45. The SMILES string of the molecule is CC12CCC=CC1CCC1C2CCC2(C)C1CCC2(C)O[Si](C)(C)C. The molecule has 142 valence electrons. The molecule has 0 aromatic rings. The van der Waals surface area contributed by atoms with E-state index in [1.54, 1.807) is 0 Å². The van der Waals surface area contributed by atoms with Crippen LogP contribution in [0.15, 0.2) is 12.2 Å². The van der Waals surface area contributed by atoms with Crippen molar-refractivity contribution in [2.75, 3.05) is 0 Å². The topological polar surface area (TPSA) is 9.23 Å². The molecule has 4 aliphatic rings. The third kappa shape index (κ3) is 2.64. The Morgan fingerprint density at radius 1 is 0.880 bits per heavy atom. The highest BCUT2D eigenvalue weighted by atomic mass is 28.4. The highest BCUT2D eigenvalue weighted by Crippen LogP contribution is 2.68. The Hall–Kier alpha value is -0.0831. The molecule has 7 atom stereocenters. The van der Waals surface area contributed by atoms with Crippen LogP contribution in [0, 0.1) is 34.5 Å². The van der Waals surface area contributed by atoms with E-state index in [9.17, 15) is 0 Å². The van der Waals surface area contributed by atoms with Gasteiger partial charge in [-0.1, -0.05) is 26.0 Å². The number of allylic oxidation sites excluding steroid dienone is 2. The summed E-state index contributed by atoms with van der Waals surface area (Å²) in [5, 5.41) is 0. The lowest BCUT2D eigenvalue weighted by molar-refractivity contribution is -0.129. The molecule has 0 N–H and O–H groups in total. The minimum atomic E-state index is -1.51. The molecule has 7 unspecified atom stereocenters. The van der Waals surface area contributed by atoms with Gasteiger partial charge in [0.2, 0.25) is 0 Å². The maximum absolute atomic E-state index is 6.90. The second-order valence-corrected chi connectivity index (χ2v) is 15.9. The lowest BCUT2D eigenvalue weighted by Gasteiger charge is -2.61. The molecule has 0 spiro atoms. The second-order valence-electron chi connectivity index (χ2n) is 11.5. The molecule has 3 fully saturated rings. The predicted molar refractivity (Wildman–Crippen MR) is 109 cm³/mol. The zero-order chi connectivity index (χ0) is 18.1. The molecule has 3 saturated carbocycles. The molecule has 0 amide bonds. The molecule has 0 aliphatic heterocycles. The smallest absolute Gasteiger partial charge is 0.184 e. The molecule has 25 heavy (non-hydrogen) atoms. The van der Waals surface area contributed by atoms with Crippen LogP contribution < -0.4 is 0 Å². The van der Waals surface area contributed by atoms with Gasteiger partial charge in [0.25, 0.3) is 0 Å². The van der Waals surface area contributed by atoms with Crippen LogP contribution in [-0.4, -0.2) is 13.9 Å². The standard InChI is InChI=1S/C23H40OSi/c1-21-14-8-7-9-17(21)10-11-18-19(21)12-15-22(2)20(18)13-16-23(22,3)24-25(4,5)6/h7,9,17-20H,8,10-16H2,1-6H3. The third-order valence-electron chi connectivity index (χ3n) is 9.22. The fourth-order valence-electron chi connectivity index (χ4n) is 7.90. The van der Waals surface area contributed by atoms with Crippen LogP contribution in [0.3, 0.4) is 0 Å². The van der Waals surface area contributed by atoms with E-state index in [-0.39, 0.29) is 5.60 Å². The zero-order valence-electron chi connectivity index (χ0n) is 17.5. The van der Waals surface area contributed by atoms with Gasteiger partial charge in [-0.15, -0.1) is 0 Å². The summed E-state index contributed by atoms with van der Waals surface area (Å²) in [5.41, 5.74) is 1.11. The first-order chi connectivity index (χ1) is 11.6. The van der Waals surface area contributed by atoms with Gasteiger partial charge in [-0.05, 0) is 112 Å². The number of hydrogen-bond acceptors (Lipinski definition) is 1. The minimum Gasteiger partial charge on any atom is -0.412 e. The third-order valence-corrected chi connectivity index (χ3v) is 10.3. The summed E-state index contributed by atoms with van der Waals surface area (Å²) in [4.78, 5) is 0. The number of fused-ring (bicyclic) bond motifs is 5. The summed E-state index contributed by atoms with van der Waals surface area (Å²) >= 11 is 0. The Balaban J connectivity index is 1.63. The summed E-state index contributed by atoms with van der Waals surface area (Å²) < 4.78 is 6.90. The molecule has 0 radical (unpaired) electrons. The molecule has 4 rings (SSSR count). The van der Waals surface area contributed by atoms with E-state index in [0.717, 1.165) is 23.7 Å². The van der Waals surface area contributed by atoms with E-state index >= 15 is 0 Å². The van der Waals surface area contributed by atoms with Crippen molar-refractivity contribution in [1.29, 1.82) is 0 Å². The van der Waals surface area contributed by atoms with Crippen molar-refractivity contribution >= 4 is 8.32 Å². The molecule has 0 aromatic heterocycles. The minimum absolute atomic E-state index is 0.122. The van der Waals surface area contributed by atoms with Gasteiger partial charge < -0.3 is 4.43 Å².